The summed E-state index contributed by atoms with van der Waals surface area (Å²) in [6.07, 6.45) is 2.51. The van der Waals surface area contributed by atoms with Crippen molar-refractivity contribution in [1.29, 1.82) is 0 Å². The number of hydrogen-bond acceptors (Lipinski definition) is 4. The lowest BCUT2D eigenvalue weighted by Crippen LogP contribution is -2.14. The van der Waals surface area contributed by atoms with E-state index >= 15 is 0 Å². The molecule has 0 radical (unpaired) electrons. The average Bonchev–Trinajstić information content (AvgIpc) is 2.43. The number of carboxylic acids is 1. The molecule has 1 aromatic carbocycles. The van der Waals surface area contributed by atoms with Crippen LogP contribution >= 0.6 is 0 Å². The lowest BCUT2D eigenvalue weighted by molar-refractivity contribution is -0.115. The summed E-state index contributed by atoms with van der Waals surface area (Å²) in [6, 6.07) is 4.00. The Morgan fingerprint density at radius 1 is 1.32 bits per heavy atom. The first-order valence-corrected chi connectivity index (χ1v) is 5.35. The lowest BCUT2D eigenvalue weighted by Gasteiger charge is -2.04. The van der Waals surface area contributed by atoms with Gasteiger partial charge in [-0.2, -0.15) is 0 Å². The molecule has 100 valence electrons. The van der Waals surface area contributed by atoms with E-state index in [1.165, 1.54) is 44.5 Å². The van der Waals surface area contributed by atoms with Crippen LogP contribution in [0.2, 0.25) is 0 Å². The summed E-state index contributed by atoms with van der Waals surface area (Å²) in [5, 5.41) is 11.4. The summed E-state index contributed by atoms with van der Waals surface area (Å²) in [5.41, 5.74) is 0.455. The van der Waals surface area contributed by atoms with Crippen molar-refractivity contribution in [2.24, 2.45) is 0 Å². The van der Waals surface area contributed by atoms with Crippen molar-refractivity contribution in [3.63, 3.8) is 0 Å². The van der Waals surface area contributed by atoms with Gasteiger partial charge in [-0.25, -0.2) is 9.59 Å². The number of rotatable bonds is 4. The first-order valence-electron chi connectivity index (χ1n) is 5.35. The van der Waals surface area contributed by atoms with Crippen molar-refractivity contribution in [3.8, 4) is 0 Å². The van der Waals surface area contributed by atoms with Gasteiger partial charge in [0, 0.05) is 13.1 Å². The number of benzene rings is 1. The number of carbonyl (C=O) groups excluding carboxylic acids is 2. The Labute approximate surface area is 109 Å². The van der Waals surface area contributed by atoms with E-state index in [9.17, 15) is 14.4 Å². The predicted molar refractivity (Wildman–Crippen MR) is 67.8 cm³/mol. The van der Waals surface area contributed by atoms with E-state index < -0.39 is 11.9 Å². The van der Waals surface area contributed by atoms with Crippen LogP contribution in [0, 0.1) is 0 Å². The summed E-state index contributed by atoms with van der Waals surface area (Å²) in [5.74, 6) is -2.10. The first kappa shape index (κ1) is 14.4. The Kier molecular flexibility index (Phi) is 4.82. The zero-order valence-corrected chi connectivity index (χ0v) is 10.5. The third-order valence-corrected chi connectivity index (χ3v) is 2.36. The molecule has 2 N–H and O–H groups in total. The highest BCUT2D eigenvalue weighted by Gasteiger charge is 2.12. The van der Waals surface area contributed by atoms with Gasteiger partial charge in [-0.15, -0.1) is 0 Å². The van der Waals surface area contributed by atoms with Gasteiger partial charge in [-0.1, -0.05) is 0 Å². The highest BCUT2D eigenvalue weighted by molar-refractivity contribution is 5.98. The molecule has 1 amide bonds. The summed E-state index contributed by atoms with van der Waals surface area (Å²) >= 11 is 0. The number of aromatic carboxylic acids is 1. The number of methoxy groups -OCH3 is 1. The third kappa shape index (κ3) is 3.67. The van der Waals surface area contributed by atoms with Gasteiger partial charge >= 0.3 is 11.9 Å². The number of ether oxygens (including phenoxy) is 1. The van der Waals surface area contributed by atoms with E-state index in [-0.39, 0.29) is 22.6 Å². The zero-order chi connectivity index (χ0) is 14.4. The molecule has 0 aliphatic rings. The summed E-state index contributed by atoms with van der Waals surface area (Å²) in [4.78, 5) is 33.5. The maximum absolute atomic E-state index is 11.4. The molecule has 0 aliphatic heterocycles. The quantitative estimate of drug-likeness (QED) is 0.622. The fourth-order valence-corrected chi connectivity index (χ4v) is 1.39. The predicted octanol–water partition coefficient (Wildman–Crippen LogP) is 0.931. The van der Waals surface area contributed by atoms with Crippen molar-refractivity contribution in [2.45, 2.75) is 0 Å². The van der Waals surface area contributed by atoms with Crippen LogP contribution in [0.1, 0.15) is 26.3 Å². The Morgan fingerprint density at radius 3 is 2.53 bits per heavy atom. The highest BCUT2D eigenvalue weighted by Crippen LogP contribution is 2.15. The molecule has 1 rings (SSSR count). The van der Waals surface area contributed by atoms with Crippen molar-refractivity contribution < 1.29 is 24.2 Å². The number of likely N-dealkylation sites (N-methyl/N-ethyl adjacent to an activating group) is 1. The lowest BCUT2D eigenvalue weighted by atomic mass is 10.0. The van der Waals surface area contributed by atoms with Gasteiger partial charge in [0.15, 0.2) is 0 Å². The summed E-state index contributed by atoms with van der Waals surface area (Å²) in [6.45, 7) is 0. The van der Waals surface area contributed by atoms with E-state index in [1.807, 2.05) is 0 Å². The molecule has 1 aromatic rings. The molecule has 6 heteroatoms. The maximum atomic E-state index is 11.4. The van der Waals surface area contributed by atoms with Crippen LogP contribution < -0.4 is 5.32 Å². The van der Waals surface area contributed by atoms with Gasteiger partial charge in [0.1, 0.15) is 0 Å². The molecule has 0 spiro atoms. The number of esters is 1. The molecular formula is C13H13NO5. The van der Waals surface area contributed by atoms with Gasteiger partial charge in [-0.05, 0) is 29.8 Å². The summed E-state index contributed by atoms with van der Waals surface area (Å²) < 4.78 is 4.55. The standard InChI is InChI=1S/C13H13NO5/c1-14-11(15)6-4-8-7-9(13(18)19-2)3-5-10(8)12(16)17/h3-7H,1-2H3,(H,14,15)(H,16,17)/b6-4+. The van der Waals surface area contributed by atoms with E-state index in [2.05, 4.69) is 10.1 Å². The van der Waals surface area contributed by atoms with Crippen LogP contribution in [0.25, 0.3) is 6.08 Å². The minimum absolute atomic E-state index is 0.00666. The molecule has 0 atom stereocenters. The van der Waals surface area contributed by atoms with Crippen LogP contribution in [-0.2, 0) is 9.53 Å². The summed E-state index contributed by atoms with van der Waals surface area (Å²) in [7, 11) is 2.68. The smallest absolute Gasteiger partial charge is 0.337 e. The molecule has 0 fully saturated rings. The van der Waals surface area contributed by atoms with Crippen molar-refractivity contribution >= 4 is 23.9 Å². The average molecular weight is 263 g/mol. The van der Waals surface area contributed by atoms with Crippen molar-refractivity contribution in [2.75, 3.05) is 14.2 Å². The van der Waals surface area contributed by atoms with Crippen molar-refractivity contribution in [1.82, 2.24) is 5.32 Å². The van der Waals surface area contributed by atoms with Crippen LogP contribution in [0.3, 0.4) is 0 Å². The van der Waals surface area contributed by atoms with E-state index in [1.54, 1.807) is 0 Å². The fourth-order valence-electron chi connectivity index (χ4n) is 1.39. The zero-order valence-electron chi connectivity index (χ0n) is 10.5. The molecule has 0 unspecified atom stereocenters. The van der Waals surface area contributed by atoms with Crippen LogP contribution in [0.15, 0.2) is 24.3 Å². The van der Waals surface area contributed by atoms with Gasteiger partial charge in [-0.3, -0.25) is 4.79 Å². The molecule has 0 aliphatic carbocycles. The SMILES string of the molecule is CNC(=O)/C=C/c1cc(C(=O)OC)ccc1C(=O)O. The molecule has 0 bridgehead atoms. The van der Waals surface area contributed by atoms with E-state index in [0.29, 0.717) is 0 Å². The van der Waals surface area contributed by atoms with Crippen LogP contribution in [0.4, 0.5) is 0 Å². The second-order valence-electron chi connectivity index (χ2n) is 3.55. The number of carboxylic acid groups (broad SMARTS) is 1. The second kappa shape index (κ2) is 6.34. The van der Waals surface area contributed by atoms with Crippen molar-refractivity contribution in [3.05, 3.63) is 41.0 Å². The molecule has 6 nitrogen and oxygen atoms in total. The van der Waals surface area contributed by atoms with Crippen LogP contribution in [-0.4, -0.2) is 37.1 Å². The molecule has 0 aromatic heterocycles. The minimum Gasteiger partial charge on any atom is -0.478 e. The first-order chi connectivity index (χ1) is 8.99. The molecule has 0 heterocycles. The monoisotopic (exact) mass is 263 g/mol. The second-order valence-corrected chi connectivity index (χ2v) is 3.55. The highest BCUT2D eigenvalue weighted by atomic mass is 16.5. The number of nitrogens with one attached hydrogen (secondary N) is 1. The van der Waals surface area contributed by atoms with Gasteiger partial charge < -0.3 is 15.2 Å². The van der Waals surface area contributed by atoms with E-state index in [0.717, 1.165) is 0 Å². The largest absolute Gasteiger partial charge is 0.478 e. The molecule has 0 saturated carbocycles. The minimum atomic E-state index is -1.15. The topological polar surface area (TPSA) is 92.7 Å². The number of carbonyl (C=O) groups is 3. The Balaban J connectivity index is 3.23. The van der Waals surface area contributed by atoms with Gasteiger partial charge in [0.2, 0.25) is 5.91 Å². The normalized spacial score (nSPS) is 10.2. The number of amides is 1. The molecular weight excluding hydrogens is 250 g/mol. The Hall–Kier alpha value is -2.63. The Bertz CT molecular complexity index is 548. The number of hydrogen-bond donors (Lipinski definition) is 2. The molecule has 19 heavy (non-hydrogen) atoms. The van der Waals surface area contributed by atoms with E-state index in [4.69, 9.17) is 5.11 Å². The van der Waals surface area contributed by atoms with Gasteiger partial charge in [0.05, 0.1) is 18.2 Å². The third-order valence-electron chi connectivity index (χ3n) is 2.36. The maximum Gasteiger partial charge on any atom is 0.337 e. The van der Waals surface area contributed by atoms with Gasteiger partial charge in [0.25, 0.3) is 0 Å². The fraction of sp³-hybridized carbons (Fsp3) is 0.154. The molecule has 0 saturated heterocycles. The Morgan fingerprint density at radius 2 is 2.00 bits per heavy atom. The van der Waals surface area contributed by atoms with Crippen LogP contribution in [0.5, 0.6) is 0 Å².